The van der Waals surface area contributed by atoms with Crippen molar-refractivity contribution < 1.29 is 9.53 Å². The Hall–Kier alpha value is -3.23. The summed E-state index contributed by atoms with van der Waals surface area (Å²) in [6, 6.07) is 13.2. The number of hydrogen-bond acceptors (Lipinski definition) is 5. The third-order valence-electron chi connectivity index (χ3n) is 5.41. The molecule has 1 fully saturated rings. The SMILES string of the molecule is O=C(NCc1cccs1)c1cn(CC2CCCO2)cc2c(=O)n(-c3ccccc3)nc1-2. The number of aromatic nitrogens is 3. The van der Waals surface area contributed by atoms with Crippen molar-refractivity contribution in [3.8, 4) is 16.9 Å². The van der Waals surface area contributed by atoms with E-state index in [1.807, 2.05) is 52.4 Å². The highest BCUT2D eigenvalue weighted by atomic mass is 32.1. The lowest BCUT2D eigenvalue weighted by atomic mass is 10.1. The van der Waals surface area contributed by atoms with Gasteiger partial charge in [-0.1, -0.05) is 24.3 Å². The van der Waals surface area contributed by atoms with Crippen molar-refractivity contribution in [2.45, 2.75) is 32.0 Å². The average Bonchev–Trinajstić information content (AvgIpc) is 3.55. The van der Waals surface area contributed by atoms with Gasteiger partial charge < -0.3 is 14.6 Å². The van der Waals surface area contributed by atoms with Gasteiger partial charge in [-0.3, -0.25) is 9.59 Å². The number of benzene rings is 1. The molecule has 0 bridgehead atoms. The molecule has 2 aromatic rings. The van der Waals surface area contributed by atoms with Gasteiger partial charge in [0.2, 0.25) is 0 Å². The number of ether oxygens (including phenoxy) is 1. The van der Waals surface area contributed by atoms with Crippen LogP contribution >= 0.6 is 11.3 Å². The van der Waals surface area contributed by atoms with E-state index in [0.29, 0.717) is 35.6 Å². The van der Waals surface area contributed by atoms with Crippen LogP contribution in [-0.4, -0.2) is 33.0 Å². The maximum Gasteiger partial charge on any atom is 0.282 e. The Bertz CT molecular complexity index is 1210. The van der Waals surface area contributed by atoms with Gasteiger partial charge in [-0.15, -0.1) is 11.3 Å². The fourth-order valence-corrected chi connectivity index (χ4v) is 4.52. The molecule has 158 valence electrons. The zero-order valence-electron chi connectivity index (χ0n) is 16.9. The number of nitrogens with zero attached hydrogens (tertiary/aromatic N) is 3. The van der Waals surface area contributed by atoms with Crippen LogP contribution in [0, 0.1) is 0 Å². The van der Waals surface area contributed by atoms with Crippen LogP contribution in [0.25, 0.3) is 16.9 Å². The summed E-state index contributed by atoms with van der Waals surface area (Å²) in [5.41, 5.74) is 1.64. The lowest BCUT2D eigenvalue weighted by Crippen LogP contribution is -2.25. The molecule has 4 heterocycles. The van der Waals surface area contributed by atoms with Crippen molar-refractivity contribution >= 4 is 17.2 Å². The summed E-state index contributed by atoms with van der Waals surface area (Å²) in [5, 5.41) is 9.46. The van der Waals surface area contributed by atoms with Crippen LogP contribution < -0.4 is 10.9 Å². The molecule has 8 heteroatoms. The Kier molecular flexibility index (Phi) is 5.40. The van der Waals surface area contributed by atoms with Crippen LogP contribution in [-0.2, 0) is 17.8 Å². The first kappa shape index (κ1) is 19.7. The van der Waals surface area contributed by atoms with Crippen LogP contribution in [0.5, 0.6) is 0 Å². The second-order valence-electron chi connectivity index (χ2n) is 7.58. The molecule has 0 aliphatic carbocycles. The normalized spacial score (nSPS) is 16.1. The number of nitrogens with one attached hydrogen (secondary N) is 1. The standard InChI is InChI=1S/C23H22N4O3S/c28-22(24-12-18-9-5-11-31-18)19-14-26(13-17-8-4-10-30-17)15-20-21(19)25-27(23(20)29)16-6-2-1-3-7-16/h1-3,5-7,9,11,14-15,17H,4,8,10,12-13H2,(H,24,28). The van der Waals surface area contributed by atoms with Crippen molar-refractivity contribution in [1.29, 1.82) is 0 Å². The largest absolute Gasteiger partial charge is 0.376 e. The number of pyridine rings is 1. The monoisotopic (exact) mass is 434 g/mol. The maximum atomic E-state index is 13.2. The molecule has 1 aromatic heterocycles. The molecular weight excluding hydrogens is 412 g/mol. The van der Waals surface area contributed by atoms with Gasteiger partial charge in [-0.2, -0.15) is 9.78 Å². The number of thiophene rings is 1. The minimum absolute atomic E-state index is 0.0868. The zero-order chi connectivity index (χ0) is 21.2. The summed E-state index contributed by atoms with van der Waals surface area (Å²) < 4.78 is 9.00. The fourth-order valence-electron chi connectivity index (χ4n) is 3.88. The molecule has 3 aliphatic rings. The van der Waals surface area contributed by atoms with Crippen LogP contribution in [0.3, 0.4) is 0 Å². The van der Waals surface area contributed by atoms with E-state index < -0.39 is 0 Å². The molecule has 31 heavy (non-hydrogen) atoms. The van der Waals surface area contributed by atoms with E-state index in [1.165, 1.54) is 4.68 Å². The first-order chi connectivity index (χ1) is 15.2. The molecule has 1 saturated heterocycles. The minimum Gasteiger partial charge on any atom is -0.376 e. The predicted molar refractivity (Wildman–Crippen MR) is 119 cm³/mol. The number of para-hydroxylation sites is 1. The van der Waals surface area contributed by atoms with E-state index >= 15 is 0 Å². The molecule has 0 radical (unpaired) electrons. The van der Waals surface area contributed by atoms with E-state index in [1.54, 1.807) is 23.7 Å². The van der Waals surface area contributed by atoms with Crippen LogP contribution in [0.1, 0.15) is 28.1 Å². The Labute approximate surface area is 183 Å². The van der Waals surface area contributed by atoms with Gasteiger partial charge in [0.25, 0.3) is 11.5 Å². The number of hydrogen-bond donors (Lipinski definition) is 1. The highest BCUT2D eigenvalue weighted by molar-refractivity contribution is 7.09. The summed E-state index contributed by atoms with van der Waals surface area (Å²) in [4.78, 5) is 27.3. The maximum absolute atomic E-state index is 13.2. The molecule has 7 nitrogen and oxygen atoms in total. The van der Waals surface area contributed by atoms with Crippen LogP contribution in [0.4, 0.5) is 0 Å². The van der Waals surface area contributed by atoms with Gasteiger partial charge in [0, 0.05) is 30.4 Å². The molecule has 3 aliphatic heterocycles. The lowest BCUT2D eigenvalue weighted by molar-refractivity contribution is 0.0936. The smallest absolute Gasteiger partial charge is 0.282 e. The molecule has 1 unspecified atom stereocenters. The second-order valence-corrected chi connectivity index (χ2v) is 8.61. The predicted octanol–water partition coefficient (Wildman–Crippen LogP) is 3.31. The molecular formula is C23H22N4O3S. The molecule has 1 atom stereocenters. The molecule has 5 rings (SSSR count). The quantitative estimate of drug-likeness (QED) is 0.505. The summed E-state index contributed by atoms with van der Waals surface area (Å²) in [6.45, 7) is 1.78. The number of carbonyl (C=O) groups excluding carboxylic acids is 1. The summed E-state index contributed by atoms with van der Waals surface area (Å²) in [5.74, 6) is -0.252. The molecule has 1 amide bonds. The number of fused-ring (bicyclic) bond motifs is 1. The Morgan fingerprint density at radius 2 is 2.06 bits per heavy atom. The summed E-state index contributed by atoms with van der Waals surface area (Å²) in [7, 11) is 0. The van der Waals surface area contributed by atoms with Crippen LogP contribution in [0.15, 0.2) is 65.0 Å². The Balaban J connectivity index is 1.55. The highest BCUT2D eigenvalue weighted by Gasteiger charge is 2.25. The van der Waals surface area contributed by atoms with Crippen LogP contribution in [0.2, 0.25) is 0 Å². The van der Waals surface area contributed by atoms with Crippen molar-refractivity contribution in [2.24, 2.45) is 0 Å². The van der Waals surface area contributed by atoms with Crippen molar-refractivity contribution in [3.05, 3.63) is 81.0 Å². The van der Waals surface area contributed by atoms with E-state index in [4.69, 9.17) is 4.74 Å². The fraction of sp³-hybridized carbons (Fsp3) is 0.261. The molecule has 0 spiro atoms. The number of rotatable bonds is 6. The molecule has 0 saturated carbocycles. The number of amides is 1. The second kappa shape index (κ2) is 8.49. The minimum atomic E-state index is -0.252. The third kappa shape index (κ3) is 4.04. The van der Waals surface area contributed by atoms with E-state index in [0.717, 1.165) is 24.3 Å². The van der Waals surface area contributed by atoms with Gasteiger partial charge >= 0.3 is 0 Å². The third-order valence-corrected chi connectivity index (χ3v) is 6.29. The van der Waals surface area contributed by atoms with E-state index in [9.17, 15) is 9.59 Å². The highest BCUT2D eigenvalue weighted by Crippen LogP contribution is 2.24. The topological polar surface area (TPSA) is 78.2 Å². The van der Waals surface area contributed by atoms with Gasteiger partial charge in [0.15, 0.2) is 0 Å². The average molecular weight is 435 g/mol. The number of carbonyl (C=O) groups is 1. The van der Waals surface area contributed by atoms with Gasteiger partial charge in [-0.25, -0.2) is 0 Å². The zero-order valence-corrected chi connectivity index (χ0v) is 17.7. The van der Waals surface area contributed by atoms with Crippen molar-refractivity contribution in [3.63, 3.8) is 0 Å². The van der Waals surface area contributed by atoms with Crippen molar-refractivity contribution in [2.75, 3.05) is 6.61 Å². The van der Waals surface area contributed by atoms with E-state index in [-0.39, 0.29) is 17.6 Å². The molecule has 1 aromatic carbocycles. The first-order valence-corrected chi connectivity index (χ1v) is 11.2. The van der Waals surface area contributed by atoms with Gasteiger partial charge in [-0.05, 0) is 36.4 Å². The van der Waals surface area contributed by atoms with Crippen molar-refractivity contribution in [1.82, 2.24) is 19.7 Å². The van der Waals surface area contributed by atoms with E-state index in [2.05, 4.69) is 10.4 Å². The Morgan fingerprint density at radius 1 is 1.19 bits per heavy atom. The summed E-state index contributed by atoms with van der Waals surface area (Å²) >= 11 is 1.59. The lowest BCUT2D eigenvalue weighted by Gasteiger charge is -2.16. The van der Waals surface area contributed by atoms with Gasteiger partial charge in [0.1, 0.15) is 5.69 Å². The molecule has 1 N–H and O–H groups in total. The summed E-state index contributed by atoms with van der Waals surface area (Å²) in [6.07, 6.45) is 5.64. The van der Waals surface area contributed by atoms with Gasteiger partial charge in [0.05, 0.1) is 29.5 Å². The Morgan fingerprint density at radius 3 is 2.81 bits per heavy atom. The first-order valence-electron chi connectivity index (χ1n) is 10.3.